The van der Waals surface area contributed by atoms with Gasteiger partial charge in [-0.15, -0.1) is 10.2 Å². The molecule has 0 unspecified atom stereocenters. The van der Waals surface area contributed by atoms with Gasteiger partial charge in [-0.3, -0.25) is 0 Å². The second-order valence-corrected chi connectivity index (χ2v) is 11.0. The molecule has 0 aliphatic rings. The molecule has 0 saturated heterocycles. The van der Waals surface area contributed by atoms with Gasteiger partial charge in [-0.2, -0.15) is 0 Å². The van der Waals surface area contributed by atoms with Crippen molar-refractivity contribution in [3.63, 3.8) is 0 Å². The van der Waals surface area contributed by atoms with E-state index in [2.05, 4.69) is 34.3 Å². The Morgan fingerprint density at radius 1 is 0.902 bits per heavy atom. The van der Waals surface area contributed by atoms with Crippen molar-refractivity contribution >= 4 is 72.8 Å². The Balaban J connectivity index is 1.20. The van der Waals surface area contributed by atoms with Crippen LogP contribution in [0, 0.1) is 0 Å². The highest BCUT2D eigenvalue weighted by molar-refractivity contribution is 7.18. The van der Waals surface area contributed by atoms with Crippen LogP contribution in [-0.4, -0.2) is 23.3 Å². The number of fused-ring (bicyclic) bond motifs is 2. The van der Waals surface area contributed by atoms with Crippen LogP contribution in [0.15, 0.2) is 88.1 Å². The van der Waals surface area contributed by atoms with E-state index < -0.39 is 5.63 Å². The Labute approximate surface area is 249 Å². The molecule has 4 aromatic carbocycles. The summed E-state index contributed by atoms with van der Waals surface area (Å²) < 4.78 is 11.7. The molecule has 0 bridgehead atoms. The summed E-state index contributed by atoms with van der Waals surface area (Å²) in [4.78, 5) is 15.0. The van der Waals surface area contributed by atoms with Crippen LogP contribution in [0.3, 0.4) is 0 Å². The number of rotatable bonds is 8. The Morgan fingerprint density at radius 3 is 2.49 bits per heavy atom. The number of halogens is 2. The van der Waals surface area contributed by atoms with E-state index >= 15 is 0 Å². The SMILES string of the molecule is CCN(CC)c1ccc2cc(-c3nnc(Nc4ccc(Oc5ccc6ccccc6c5Cl)c(Cl)c4)s3)c(=O)oc2c1. The molecule has 0 amide bonds. The van der Waals surface area contributed by atoms with Gasteiger partial charge in [0.05, 0.1) is 15.6 Å². The molecular formula is C31H24Cl2N4O3S. The van der Waals surface area contributed by atoms with Crippen molar-refractivity contribution < 1.29 is 9.15 Å². The first kappa shape index (κ1) is 27.1. The van der Waals surface area contributed by atoms with Crippen molar-refractivity contribution in [2.45, 2.75) is 13.8 Å². The van der Waals surface area contributed by atoms with Gasteiger partial charge in [0.15, 0.2) is 5.01 Å². The molecule has 206 valence electrons. The van der Waals surface area contributed by atoms with E-state index in [0.29, 0.717) is 48.5 Å². The Bertz CT molecular complexity index is 1950. The maximum Gasteiger partial charge on any atom is 0.346 e. The first-order valence-corrected chi connectivity index (χ1v) is 14.6. The number of ether oxygens (including phenoxy) is 1. The maximum absolute atomic E-state index is 12.8. The van der Waals surface area contributed by atoms with Gasteiger partial charge in [0.1, 0.15) is 17.1 Å². The Morgan fingerprint density at radius 2 is 1.68 bits per heavy atom. The molecule has 0 aliphatic heterocycles. The number of nitrogens with one attached hydrogen (secondary N) is 1. The average Bonchev–Trinajstić information content (AvgIpc) is 3.44. The summed E-state index contributed by atoms with van der Waals surface area (Å²) in [7, 11) is 0. The van der Waals surface area contributed by atoms with Crippen molar-refractivity contribution in [3.8, 4) is 22.1 Å². The highest BCUT2D eigenvalue weighted by atomic mass is 35.5. The van der Waals surface area contributed by atoms with Crippen molar-refractivity contribution in [3.05, 3.63) is 99.3 Å². The molecule has 6 aromatic rings. The first-order valence-electron chi connectivity index (χ1n) is 13.0. The van der Waals surface area contributed by atoms with Crippen LogP contribution < -0.4 is 20.6 Å². The fourth-order valence-corrected chi connectivity index (χ4v) is 5.87. The number of nitrogens with zero attached hydrogens (tertiary/aromatic N) is 3. The summed E-state index contributed by atoms with van der Waals surface area (Å²) in [5.41, 5.74) is 2.12. The smallest absolute Gasteiger partial charge is 0.346 e. The summed E-state index contributed by atoms with van der Waals surface area (Å²) in [5, 5.41) is 16.2. The molecule has 0 spiro atoms. The van der Waals surface area contributed by atoms with Crippen LogP contribution in [0.2, 0.25) is 10.0 Å². The lowest BCUT2D eigenvalue weighted by atomic mass is 10.1. The lowest BCUT2D eigenvalue weighted by Gasteiger charge is -2.20. The summed E-state index contributed by atoms with van der Waals surface area (Å²) in [5.74, 6) is 0.977. The third-order valence-electron chi connectivity index (χ3n) is 6.73. The molecule has 2 aromatic heterocycles. The van der Waals surface area contributed by atoms with Crippen LogP contribution in [0.5, 0.6) is 11.5 Å². The quantitative estimate of drug-likeness (QED) is 0.174. The first-order chi connectivity index (χ1) is 19.9. The van der Waals surface area contributed by atoms with Crippen molar-refractivity contribution in [2.24, 2.45) is 0 Å². The molecule has 0 atom stereocenters. The second kappa shape index (κ2) is 11.4. The number of hydrogen-bond acceptors (Lipinski definition) is 8. The fraction of sp³-hybridized carbons (Fsp3) is 0.129. The highest BCUT2D eigenvalue weighted by Gasteiger charge is 2.16. The van der Waals surface area contributed by atoms with Crippen molar-refractivity contribution in [2.75, 3.05) is 23.3 Å². The third kappa shape index (κ3) is 5.46. The van der Waals surface area contributed by atoms with Crippen LogP contribution in [0.25, 0.3) is 32.3 Å². The molecule has 41 heavy (non-hydrogen) atoms. The molecule has 7 nitrogen and oxygen atoms in total. The fourth-order valence-electron chi connectivity index (χ4n) is 4.61. The van der Waals surface area contributed by atoms with Crippen LogP contribution in [0.1, 0.15) is 13.8 Å². The largest absolute Gasteiger partial charge is 0.454 e. The van der Waals surface area contributed by atoms with E-state index in [1.807, 2.05) is 60.7 Å². The zero-order chi connectivity index (χ0) is 28.5. The van der Waals surface area contributed by atoms with Gasteiger partial charge in [-0.05, 0) is 61.7 Å². The van der Waals surface area contributed by atoms with Crippen LogP contribution >= 0.6 is 34.5 Å². The number of hydrogen-bond donors (Lipinski definition) is 1. The Hall–Kier alpha value is -4.11. The van der Waals surface area contributed by atoms with E-state index in [4.69, 9.17) is 32.4 Å². The topological polar surface area (TPSA) is 80.5 Å². The molecule has 2 heterocycles. The van der Waals surface area contributed by atoms with Gasteiger partial charge >= 0.3 is 5.63 Å². The molecule has 0 fully saturated rings. The van der Waals surface area contributed by atoms with E-state index in [1.54, 1.807) is 18.2 Å². The Kier molecular flexibility index (Phi) is 7.53. The van der Waals surface area contributed by atoms with E-state index in [1.165, 1.54) is 11.3 Å². The lowest BCUT2D eigenvalue weighted by Crippen LogP contribution is -2.21. The van der Waals surface area contributed by atoms with Gasteiger partial charge in [-0.1, -0.05) is 64.9 Å². The van der Waals surface area contributed by atoms with E-state index in [9.17, 15) is 4.79 Å². The average molecular weight is 604 g/mol. The molecule has 0 saturated carbocycles. The molecule has 0 aliphatic carbocycles. The number of benzene rings is 4. The minimum Gasteiger partial charge on any atom is -0.454 e. The van der Waals surface area contributed by atoms with Crippen molar-refractivity contribution in [1.82, 2.24) is 10.2 Å². The number of anilines is 3. The van der Waals surface area contributed by atoms with Gasteiger partial charge in [0.2, 0.25) is 5.13 Å². The molecule has 0 radical (unpaired) electrons. The van der Waals surface area contributed by atoms with Gasteiger partial charge in [0, 0.05) is 41.3 Å². The molecule has 6 rings (SSSR count). The monoisotopic (exact) mass is 602 g/mol. The summed E-state index contributed by atoms with van der Waals surface area (Å²) in [6, 6.07) is 24.6. The van der Waals surface area contributed by atoms with Crippen LogP contribution in [0.4, 0.5) is 16.5 Å². The van der Waals surface area contributed by atoms with E-state index in [0.717, 1.165) is 34.9 Å². The summed E-state index contributed by atoms with van der Waals surface area (Å²) in [6.45, 7) is 5.91. The van der Waals surface area contributed by atoms with E-state index in [-0.39, 0.29) is 0 Å². The zero-order valence-electron chi connectivity index (χ0n) is 22.2. The maximum atomic E-state index is 12.8. The summed E-state index contributed by atoms with van der Waals surface area (Å²) >= 11 is 14.4. The van der Waals surface area contributed by atoms with Crippen LogP contribution in [-0.2, 0) is 0 Å². The highest BCUT2D eigenvalue weighted by Crippen LogP contribution is 2.39. The molecular weight excluding hydrogens is 579 g/mol. The predicted molar refractivity (Wildman–Crippen MR) is 169 cm³/mol. The minimum atomic E-state index is -0.464. The zero-order valence-corrected chi connectivity index (χ0v) is 24.5. The van der Waals surface area contributed by atoms with Gasteiger partial charge < -0.3 is 19.4 Å². The van der Waals surface area contributed by atoms with Gasteiger partial charge in [-0.25, -0.2) is 4.79 Å². The van der Waals surface area contributed by atoms with Gasteiger partial charge in [0.25, 0.3) is 0 Å². The molecule has 1 N–H and O–H groups in total. The number of aromatic nitrogens is 2. The second-order valence-electron chi connectivity index (χ2n) is 9.23. The summed E-state index contributed by atoms with van der Waals surface area (Å²) in [6.07, 6.45) is 0. The predicted octanol–water partition coefficient (Wildman–Crippen LogP) is 9.15. The standard InChI is InChI=1S/C31H24Cl2N4O3S/c1-3-37(4-2)21-12-9-19-15-23(30(38)40-27(19)17-21)29-35-36-31(41-29)34-20-11-14-25(24(32)16-20)39-26-13-10-18-7-5-6-8-22(18)28(26)33/h5-17H,3-4H2,1-2H3,(H,34,36). The third-order valence-corrected chi connectivity index (χ3v) is 8.29. The molecule has 10 heteroatoms. The minimum absolute atomic E-state index is 0.354. The van der Waals surface area contributed by atoms with Crippen molar-refractivity contribution in [1.29, 1.82) is 0 Å². The lowest BCUT2D eigenvalue weighted by molar-refractivity contribution is 0.484. The normalized spacial score (nSPS) is 11.2.